The molecule has 0 bridgehead atoms. The van der Waals surface area contributed by atoms with E-state index in [1.54, 1.807) is 18.2 Å². The third-order valence-corrected chi connectivity index (χ3v) is 2.85. The molecule has 0 nitrogen and oxygen atoms in total. The highest BCUT2D eigenvalue weighted by atomic mass is 35.5. The van der Waals surface area contributed by atoms with Crippen molar-refractivity contribution in [2.24, 2.45) is 0 Å². The lowest BCUT2D eigenvalue weighted by Gasteiger charge is -2.00. The van der Waals surface area contributed by atoms with E-state index in [4.69, 9.17) is 11.6 Å². The fourth-order valence-electron chi connectivity index (χ4n) is 1.53. The Morgan fingerprint density at radius 1 is 1.00 bits per heavy atom. The zero-order valence-corrected chi connectivity index (χ0v) is 10.2. The van der Waals surface area contributed by atoms with Crippen molar-refractivity contribution >= 4 is 23.8 Å². The van der Waals surface area contributed by atoms with Crippen molar-refractivity contribution in [3.63, 3.8) is 0 Å². The maximum Gasteiger partial charge on any atom is 0.131 e. The Balaban J connectivity index is 2.29. The number of rotatable bonds is 2. The summed E-state index contributed by atoms with van der Waals surface area (Å²) in [7, 11) is 0. The summed E-state index contributed by atoms with van der Waals surface area (Å²) in [6.45, 7) is 2.03. The van der Waals surface area contributed by atoms with Gasteiger partial charge in [0.05, 0.1) is 5.02 Å². The molecule has 0 amide bonds. The molecule has 0 aliphatic heterocycles. The van der Waals surface area contributed by atoms with Crippen LogP contribution >= 0.6 is 11.6 Å². The molecule has 0 radical (unpaired) electrons. The van der Waals surface area contributed by atoms with Gasteiger partial charge in [-0.15, -0.1) is 0 Å². The standard InChI is InChI=1S/C15H12ClF/c1-11-5-7-12(8-6-11)9-10-13-14(16)3-2-4-15(13)17/h2-10H,1H3. The predicted octanol–water partition coefficient (Wildman–Crippen LogP) is 4.96. The van der Waals surface area contributed by atoms with E-state index < -0.39 is 0 Å². The van der Waals surface area contributed by atoms with Crippen molar-refractivity contribution < 1.29 is 4.39 Å². The number of hydrogen-bond donors (Lipinski definition) is 0. The summed E-state index contributed by atoms with van der Waals surface area (Å²) in [5, 5.41) is 0.424. The van der Waals surface area contributed by atoms with E-state index in [1.807, 2.05) is 37.3 Å². The molecular formula is C15H12ClF. The minimum absolute atomic E-state index is 0.305. The van der Waals surface area contributed by atoms with Gasteiger partial charge in [0.25, 0.3) is 0 Å². The summed E-state index contributed by atoms with van der Waals surface area (Å²) < 4.78 is 13.5. The fourth-order valence-corrected chi connectivity index (χ4v) is 1.75. The van der Waals surface area contributed by atoms with Gasteiger partial charge < -0.3 is 0 Å². The molecule has 2 heteroatoms. The Morgan fingerprint density at radius 3 is 2.35 bits per heavy atom. The maximum absolute atomic E-state index is 13.5. The molecule has 0 spiro atoms. The van der Waals surface area contributed by atoms with Crippen LogP contribution in [-0.2, 0) is 0 Å². The molecule has 0 saturated heterocycles. The van der Waals surface area contributed by atoms with Gasteiger partial charge in [0.1, 0.15) is 5.82 Å². The molecule has 2 aromatic carbocycles. The first kappa shape index (κ1) is 11.9. The van der Waals surface area contributed by atoms with E-state index in [0.29, 0.717) is 10.6 Å². The van der Waals surface area contributed by atoms with E-state index in [0.717, 1.165) is 5.56 Å². The summed E-state index contributed by atoms with van der Waals surface area (Å²) in [6, 6.07) is 12.7. The Kier molecular flexibility index (Phi) is 3.60. The number of hydrogen-bond acceptors (Lipinski definition) is 0. The van der Waals surface area contributed by atoms with Crippen LogP contribution in [0.5, 0.6) is 0 Å². The van der Waals surface area contributed by atoms with Crippen LogP contribution < -0.4 is 0 Å². The quantitative estimate of drug-likeness (QED) is 0.657. The molecule has 0 atom stereocenters. The second-order valence-corrected chi connectivity index (χ2v) is 4.29. The number of halogens is 2. The largest absolute Gasteiger partial charge is 0.206 e. The Labute approximate surface area is 105 Å². The summed E-state index contributed by atoms with van der Waals surface area (Å²) in [5.74, 6) is -0.305. The highest BCUT2D eigenvalue weighted by molar-refractivity contribution is 6.32. The first-order valence-corrected chi connectivity index (χ1v) is 5.73. The van der Waals surface area contributed by atoms with Crippen molar-refractivity contribution in [3.05, 3.63) is 70.0 Å². The molecule has 0 N–H and O–H groups in total. The van der Waals surface area contributed by atoms with Gasteiger partial charge in [-0.1, -0.05) is 53.6 Å². The molecule has 2 aromatic rings. The predicted molar refractivity (Wildman–Crippen MR) is 71.5 cm³/mol. The van der Waals surface area contributed by atoms with Crippen LogP contribution in [0.15, 0.2) is 42.5 Å². The van der Waals surface area contributed by atoms with Gasteiger partial charge in [0, 0.05) is 5.56 Å². The summed E-state index contributed by atoms with van der Waals surface area (Å²) in [5.41, 5.74) is 2.65. The topological polar surface area (TPSA) is 0 Å². The van der Waals surface area contributed by atoms with Crippen molar-refractivity contribution in [1.29, 1.82) is 0 Å². The van der Waals surface area contributed by atoms with Gasteiger partial charge in [0.15, 0.2) is 0 Å². The normalized spacial score (nSPS) is 11.0. The summed E-state index contributed by atoms with van der Waals surface area (Å²) in [6.07, 6.45) is 3.55. The van der Waals surface area contributed by atoms with Crippen LogP contribution in [0, 0.1) is 12.7 Å². The molecule has 0 saturated carbocycles. The SMILES string of the molecule is Cc1ccc(C=Cc2c(F)cccc2Cl)cc1. The Hall–Kier alpha value is -1.60. The van der Waals surface area contributed by atoms with Crippen molar-refractivity contribution in [1.82, 2.24) is 0 Å². The molecular weight excluding hydrogens is 235 g/mol. The second-order valence-electron chi connectivity index (χ2n) is 3.88. The van der Waals surface area contributed by atoms with Crippen LogP contribution in [-0.4, -0.2) is 0 Å². The van der Waals surface area contributed by atoms with E-state index >= 15 is 0 Å². The lowest BCUT2D eigenvalue weighted by atomic mass is 10.1. The van der Waals surface area contributed by atoms with Crippen LogP contribution in [0.4, 0.5) is 4.39 Å². The Morgan fingerprint density at radius 2 is 1.71 bits per heavy atom. The van der Waals surface area contributed by atoms with E-state index in [-0.39, 0.29) is 5.82 Å². The molecule has 0 fully saturated rings. The van der Waals surface area contributed by atoms with Gasteiger partial charge in [-0.2, -0.15) is 0 Å². The third kappa shape index (κ3) is 2.95. The average Bonchev–Trinajstić information content (AvgIpc) is 2.31. The van der Waals surface area contributed by atoms with Gasteiger partial charge >= 0.3 is 0 Å². The van der Waals surface area contributed by atoms with Crippen molar-refractivity contribution in [2.45, 2.75) is 6.92 Å². The first-order valence-electron chi connectivity index (χ1n) is 5.35. The van der Waals surface area contributed by atoms with Crippen LogP contribution in [0.25, 0.3) is 12.2 Å². The highest BCUT2D eigenvalue weighted by Gasteiger charge is 2.02. The zero-order valence-electron chi connectivity index (χ0n) is 9.45. The molecule has 0 aliphatic carbocycles. The third-order valence-electron chi connectivity index (χ3n) is 2.52. The average molecular weight is 247 g/mol. The van der Waals surface area contributed by atoms with E-state index in [9.17, 15) is 4.39 Å². The van der Waals surface area contributed by atoms with Crippen molar-refractivity contribution in [2.75, 3.05) is 0 Å². The minimum Gasteiger partial charge on any atom is -0.206 e. The molecule has 2 rings (SSSR count). The lowest BCUT2D eigenvalue weighted by molar-refractivity contribution is 0.625. The number of benzene rings is 2. The molecule has 0 unspecified atom stereocenters. The molecule has 17 heavy (non-hydrogen) atoms. The highest BCUT2D eigenvalue weighted by Crippen LogP contribution is 2.21. The molecule has 0 heterocycles. The second kappa shape index (κ2) is 5.15. The van der Waals surface area contributed by atoms with Crippen LogP contribution in [0.2, 0.25) is 5.02 Å². The smallest absolute Gasteiger partial charge is 0.131 e. The monoisotopic (exact) mass is 246 g/mol. The molecule has 86 valence electrons. The minimum atomic E-state index is -0.305. The Bertz CT molecular complexity index is 521. The van der Waals surface area contributed by atoms with E-state index in [1.165, 1.54) is 11.6 Å². The van der Waals surface area contributed by atoms with Crippen LogP contribution in [0.3, 0.4) is 0 Å². The van der Waals surface area contributed by atoms with Gasteiger partial charge in [-0.25, -0.2) is 4.39 Å². The van der Waals surface area contributed by atoms with Gasteiger partial charge in [-0.05, 0) is 30.7 Å². The summed E-state index contributed by atoms with van der Waals surface area (Å²) >= 11 is 5.93. The van der Waals surface area contributed by atoms with Gasteiger partial charge in [0.2, 0.25) is 0 Å². The first-order chi connectivity index (χ1) is 8.16. The van der Waals surface area contributed by atoms with Crippen LogP contribution in [0.1, 0.15) is 16.7 Å². The zero-order chi connectivity index (χ0) is 12.3. The number of aryl methyl sites for hydroxylation is 1. The van der Waals surface area contributed by atoms with E-state index in [2.05, 4.69) is 0 Å². The molecule has 0 aromatic heterocycles. The van der Waals surface area contributed by atoms with Gasteiger partial charge in [-0.3, -0.25) is 0 Å². The fraction of sp³-hybridized carbons (Fsp3) is 0.0667. The maximum atomic E-state index is 13.5. The summed E-state index contributed by atoms with van der Waals surface area (Å²) in [4.78, 5) is 0. The van der Waals surface area contributed by atoms with Crippen molar-refractivity contribution in [3.8, 4) is 0 Å². The molecule has 0 aliphatic rings. The lowest BCUT2D eigenvalue weighted by Crippen LogP contribution is -1.82.